The molecule has 2 aliphatic heterocycles. The quantitative estimate of drug-likeness (QED) is 0.0196. The molecule has 17 nitrogen and oxygen atoms in total. The van der Waals surface area contributed by atoms with Crippen molar-refractivity contribution in [1.82, 2.24) is 10.2 Å². The highest BCUT2D eigenvalue weighted by Crippen LogP contribution is 2.54. The lowest BCUT2D eigenvalue weighted by atomic mass is 9.82. The SMILES string of the molecule is COC(=O)[C@H](N[C@@H](CO[Si](C)(C)C(C)(C)C)[C@H]1c2c(cc(C)c(OC)c2OCc2ccccc2)C[C@@H](C(OC)OC)N1C(=O)OCCCl)c1cc(OCc2ccccc2)c(OS(=O)(=O)C(F)(F)F)c2c1OCO2. The molecule has 1 amide bonds. The molecule has 0 unspecified atom stereocenters. The molecular formula is C50H62ClF3N2O15SSi. The number of halogens is 4. The fourth-order valence-electron chi connectivity index (χ4n) is 8.32. The molecule has 23 heteroatoms. The molecule has 0 aromatic heterocycles. The van der Waals surface area contributed by atoms with Crippen LogP contribution < -0.4 is 33.2 Å². The van der Waals surface area contributed by atoms with Gasteiger partial charge in [0.05, 0.1) is 44.8 Å². The Morgan fingerprint density at radius 3 is 2.03 bits per heavy atom. The summed E-state index contributed by atoms with van der Waals surface area (Å²) >= 11 is 6.12. The van der Waals surface area contributed by atoms with Gasteiger partial charge in [-0.1, -0.05) is 87.5 Å². The number of nitrogens with zero attached hydrogens (tertiary/aromatic N) is 1. The van der Waals surface area contributed by atoms with E-state index in [2.05, 4.69) is 5.32 Å². The van der Waals surface area contributed by atoms with Crippen LogP contribution in [-0.4, -0.2) is 112 Å². The average molecular weight is 1080 g/mol. The molecule has 4 atom stereocenters. The van der Waals surface area contributed by atoms with Crippen LogP contribution in [-0.2, 0) is 57.9 Å². The average Bonchev–Trinajstić information content (AvgIpc) is 3.85. The molecular weight excluding hydrogens is 1020 g/mol. The number of rotatable bonds is 22. The predicted molar refractivity (Wildman–Crippen MR) is 264 cm³/mol. The van der Waals surface area contributed by atoms with Crippen molar-refractivity contribution < 1.29 is 82.4 Å². The number of esters is 1. The van der Waals surface area contributed by atoms with E-state index in [0.717, 1.165) is 18.7 Å². The number of aryl methyl sites for hydroxylation is 1. The molecule has 0 saturated heterocycles. The second-order valence-corrected chi connectivity index (χ2v) is 25.3. The molecule has 0 bridgehead atoms. The highest BCUT2D eigenvalue weighted by atomic mass is 35.5. The molecule has 0 radical (unpaired) electrons. The van der Waals surface area contributed by atoms with Crippen LogP contribution in [0.4, 0.5) is 18.0 Å². The summed E-state index contributed by atoms with van der Waals surface area (Å²) in [6, 6.07) is 15.7. The van der Waals surface area contributed by atoms with Gasteiger partial charge in [0.15, 0.2) is 37.6 Å². The van der Waals surface area contributed by atoms with Crippen molar-refractivity contribution in [3.8, 4) is 34.5 Å². The first-order valence-corrected chi connectivity index (χ1v) is 27.9. The number of carbonyl (C=O) groups excluding carboxylic acids is 2. The lowest BCUT2D eigenvalue weighted by Crippen LogP contribution is -2.60. The first kappa shape index (κ1) is 56.8. The zero-order chi connectivity index (χ0) is 53.5. The van der Waals surface area contributed by atoms with Gasteiger partial charge in [-0.15, -0.1) is 11.6 Å². The highest BCUT2D eigenvalue weighted by molar-refractivity contribution is 7.88. The van der Waals surface area contributed by atoms with E-state index in [-0.39, 0.29) is 60.8 Å². The van der Waals surface area contributed by atoms with Gasteiger partial charge < -0.3 is 51.2 Å². The molecule has 0 saturated carbocycles. The van der Waals surface area contributed by atoms with Crippen molar-refractivity contribution in [3.05, 3.63) is 106 Å². The minimum atomic E-state index is -6.34. The summed E-state index contributed by atoms with van der Waals surface area (Å²) in [4.78, 5) is 31.0. The van der Waals surface area contributed by atoms with Crippen LogP contribution >= 0.6 is 11.6 Å². The van der Waals surface area contributed by atoms with Crippen LogP contribution in [0.3, 0.4) is 0 Å². The van der Waals surface area contributed by atoms with Gasteiger partial charge >= 0.3 is 27.7 Å². The van der Waals surface area contributed by atoms with E-state index in [1.54, 1.807) is 30.3 Å². The molecule has 0 aliphatic carbocycles. The van der Waals surface area contributed by atoms with Crippen LogP contribution in [0.5, 0.6) is 34.5 Å². The normalized spacial score (nSPS) is 16.6. The maximum absolute atomic E-state index is 15.0. The monoisotopic (exact) mass is 1080 g/mol. The van der Waals surface area contributed by atoms with Gasteiger partial charge in [-0.25, -0.2) is 9.59 Å². The van der Waals surface area contributed by atoms with E-state index < -0.39 is 90.5 Å². The number of benzene rings is 4. The Balaban J connectivity index is 1.66. The first-order valence-electron chi connectivity index (χ1n) is 23.1. The summed E-state index contributed by atoms with van der Waals surface area (Å²) in [5, 5.41) is 3.03. The Morgan fingerprint density at radius 2 is 1.48 bits per heavy atom. The van der Waals surface area contributed by atoms with Crippen molar-refractivity contribution in [2.45, 2.75) is 101 Å². The van der Waals surface area contributed by atoms with Gasteiger partial charge in [0.1, 0.15) is 25.9 Å². The van der Waals surface area contributed by atoms with E-state index in [1.807, 2.05) is 77.2 Å². The van der Waals surface area contributed by atoms with E-state index in [4.69, 9.17) is 62.8 Å². The molecule has 400 valence electrons. The standard InChI is InChI=1S/C50H62ClF3N2O15SSi/c1-30-23-33-24-36(47(63-7)64-8)56(48(58)65-22-21-51)40(38(33)44(41(30)61-5)67-27-32-19-15-12-16-20-32)35(28-70-73(9,10)49(2,3)4)55-39(46(57)62-6)34-25-37(66-26-31-17-13-11-14-18-31)43(45-42(34)68-29-69-45)71-72(59,60)50(52,53)54/h11-20,23,25,35-36,39-40,47,55H,21-22,24,26-29H2,1-10H3/t35-,36-,39+,40-/m0/s1. The summed E-state index contributed by atoms with van der Waals surface area (Å²) in [5.74, 6) is -3.01. The number of alkyl halides is 4. The third-order valence-corrected chi connectivity index (χ3v) is 18.5. The smallest absolute Gasteiger partial charge is 0.493 e. The number of hydrogen-bond donors (Lipinski definition) is 1. The zero-order valence-corrected chi connectivity index (χ0v) is 44.8. The van der Waals surface area contributed by atoms with E-state index in [1.165, 1.54) is 26.2 Å². The largest absolute Gasteiger partial charge is 0.534 e. The maximum Gasteiger partial charge on any atom is 0.534 e. The highest BCUT2D eigenvalue weighted by Gasteiger charge is 2.52. The number of ether oxygens (including phenoxy) is 9. The molecule has 6 rings (SSSR count). The van der Waals surface area contributed by atoms with Gasteiger partial charge in [-0.2, -0.15) is 21.6 Å². The second-order valence-electron chi connectivity index (χ2n) is 18.6. The molecule has 0 fully saturated rings. The molecule has 2 aliphatic rings. The Labute approximate surface area is 429 Å². The minimum absolute atomic E-state index is 0.0514. The van der Waals surface area contributed by atoms with Gasteiger partial charge in [-0.05, 0) is 59.8 Å². The third kappa shape index (κ3) is 12.7. The van der Waals surface area contributed by atoms with Gasteiger partial charge in [-0.3, -0.25) is 10.2 Å². The van der Waals surface area contributed by atoms with Crippen molar-refractivity contribution in [2.24, 2.45) is 0 Å². The van der Waals surface area contributed by atoms with Gasteiger partial charge in [0.25, 0.3) is 0 Å². The van der Waals surface area contributed by atoms with Gasteiger partial charge in [0.2, 0.25) is 18.3 Å². The first-order chi connectivity index (χ1) is 34.5. The summed E-state index contributed by atoms with van der Waals surface area (Å²) < 4.78 is 133. The number of fused-ring (bicyclic) bond motifs is 2. The molecule has 4 aromatic rings. The zero-order valence-electron chi connectivity index (χ0n) is 42.3. The predicted octanol–water partition coefficient (Wildman–Crippen LogP) is 9.28. The van der Waals surface area contributed by atoms with Crippen LogP contribution in [0.15, 0.2) is 72.8 Å². The van der Waals surface area contributed by atoms with Crippen molar-refractivity contribution >= 4 is 42.1 Å². The number of amides is 1. The fraction of sp³-hybridized carbons (Fsp3) is 0.480. The van der Waals surface area contributed by atoms with Crippen molar-refractivity contribution in [1.29, 1.82) is 0 Å². The molecule has 2 heterocycles. The maximum atomic E-state index is 15.0. The Hall–Kier alpha value is -5.49. The van der Waals surface area contributed by atoms with Crippen molar-refractivity contribution in [3.63, 3.8) is 0 Å². The summed E-state index contributed by atoms with van der Waals surface area (Å²) in [6.07, 6.45) is -1.81. The Bertz CT molecular complexity index is 2660. The number of methoxy groups -OCH3 is 4. The number of hydrogen-bond acceptors (Lipinski definition) is 16. The topological polar surface area (TPSA) is 185 Å². The van der Waals surface area contributed by atoms with Gasteiger partial charge in [0, 0.05) is 25.3 Å². The van der Waals surface area contributed by atoms with E-state index >= 15 is 0 Å². The Morgan fingerprint density at radius 1 is 0.877 bits per heavy atom. The summed E-state index contributed by atoms with van der Waals surface area (Å²) in [6.45, 7) is 10.6. The summed E-state index contributed by atoms with van der Waals surface area (Å²) in [7, 11) is -3.66. The van der Waals surface area contributed by atoms with Crippen LogP contribution in [0.25, 0.3) is 0 Å². The molecule has 4 aromatic carbocycles. The van der Waals surface area contributed by atoms with E-state index in [0.29, 0.717) is 28.0 Å². The second kappa shape index (κ2) is 23.8. The molecule has 0 spiro atoms. The lowest BCUT2D eigenvalue weighted by Gasteiger charge is -2.49. The number of nitrogens with one attached hydrogen (secondary N) is 1. The minimum Gasteiger partial charge on any atom is -0.493 e. The number of carbonyl (C=O) groups is 2. The van der Waals surface area contributed by atoms with Crippen LogP contribution in [0.1, 0.15) is 66.2 Å². The molecule has 1 N–H and O–H groups in total. The fourth-order valence-corrected chi connectivity index (χ4v) is 9.90. The van der Waals surface area contributed by atoms with Crippen LogP contribution in [0, 0.1) is 6.92 Å². The van der Waals surface area contributed by atoms with Crippen molar-refractivity contribution in [2.75, 3.05) is 54.3 Å². The molecule has 73 heavy (non-hydrogen) atoms. The van der Waals surface area contributed by atoms with E-state index in [9.17, 15) is 31.2 Å². The Kier molecular flexibility index (Phi) is 18.5. The summed E-state index contributed by atoms with van der Waals surface area (Å²) in [5.41, 5.74) is -2.89. The lowest BCUT2D eigenvalue weighted by molar-refractivity contribution is -0.154. The van der Waals surface area contributed by atoms with Crippen LogP contribution in [0.2, 0.25) is 18.1 Å². The third-order valence-electron chi connectivity index (χ3n) is 12.9.